The Labute approximate surface area is 123 Å². The molecule has 0 heterocycles. The van der Waals surface area contributed by atoms with Crippen LogP contribution >= 0.6 is 0 Å². The van der Waals surface area contributed by atoms with Crippen LogP contribution in [0.2, 0.25) is 0 Å². The summed E-state index contributed by atoms with van der Waals surface area (Å²) in [5.74, 6) is 0.406. The van der Waals surface area contributed by atoms with E-state index in [-0.39, 0.29) is 11.5 Å². The summed E-state index contributed by atoms with van der Waals surface area (Å²) in [5, 5.41) is 20.0. The lowest BCUT2D eigenvalue weighted by Gasteiger charge is -2.42. The average Bonchev–Trinajstić information content (AvgIpc) is 2.66. The van der Waals surface area contributed by atoms with Crippen molar-refractivity contribution < 1.29 is 10.2 Å². The molecule has 0 amide bonds. The summed E-state index contributed by atoms with van der Waals surface area (Å²) in [6, 6.07) is 0. The van der Waals surface area contributed by atoms with Gasteiger partial charge in [0, 0.05) is 0 Å². The second-order valence-electron chi connectivity index (χ2n) is 7.58. The van der Waals surface area contributed by atoms with Gasteiger partial charge < -0.3 is 10.2 Å². The zero-order valence-electron chi connectivity index (χ0n) is 13.4. The molecule has 2 aliphatic rings. The first kappa shape index (κ1) is 15.8. The molecule has 20 heavy (non-hydrogen) atoms. The fourth-order valence-corrected chi connectivity index (χ4v) is 4.08. The van der Waals surface area contributed by atoms with E-state index in [9.17, 15) is 10.2 Å². The molecule has 2 N–H and O–H groups in total. The molecule has 1 fully saturated rings. The summed E-state index contributed by atoms with van der Waals surface area (Å²) < 4.78 is 0. The molecule has 0 radical (unpaired) electrons. The van der Waals surface area contributed by atoms with Crippen molar-refractivity contribution in [1.29, 1.82) is 0 Å². The van der Waals surface area contributed by atoms with Crippen molar-refractivity contribution in [2.75, 3.05) is 0 Å². The molecular formula is C18H30O2. The van der Waals surface area contributed by atoms with Crippen LogP contribution in [0.3, 0.4) is 0 Å². The second-order valence-corrected chi connectivity index (χ2v) is 7.58. The van der Waals surface area contributed by atoms with Crippen molar-refractivity contribution >= 4 is 0 Å². The average molecular weight is 278 g/mol. The first-order valence-electron chi connectivity index (χ1n) is 8.02. The van der Waals surface area contributed by atoms with Gasteiger partial charge in [0.25, 0.3) is 0 Å². The number of aliphatic hydroxyl groups is 2. The van der Waals surface area contributed by atoms with E-state index in [1.165, 1.54) is 17.6 Å². The molecule has 2 heteroatoms. The molecule has 0 bridgehead atoms. The standard InChI is InChI=1S/C18H30O2/c1-13(7-5-11-17(2,3)20)14-9-10-15-16(19)8-6-12-18(14,15)4/h7,9,15-16,19-20H,5-6,8,10-12H2,1-4H3. The van der Waals surface area contributed by atoms with Gasteiger partial charge in [-0.3, -0.25) is 0 Å². The van der Waals surface area contributed by atoms with Crippen molar-refractivity contribution in [2.45, 2.75) is 77.9 Å². The minimum absolute atomic E-state index is 0.133. The van der Waals surface area contributed by atoms with Crippen molar-refractivity contribution in [3.63, 3.8) is 0 Å². The Morgan fingerprint density at radius 2 is 2.20 bits per heavy atom. The Bertz CT molecular complexity index is 414. The molecule has 2 aliphatic carbocycles. The highest BCUT2D eigenvalue weighted by Gasteiger charge is 2.46. The molecule has 0 aromatic carbocycles. The van der Waals surface area contributed by atoms with Crippen molar-refractivity contribution in [1.82, 2.24) is 0 Å². The number of fused-ring (bicyclic) bond motifs is 1. The van der Waals surface area contributed by atoms with Gasteiger partial charge in [-0.2, -0.15) is 0 Å². The maximum atomic E-state index is 10.2. The molecule has 3 unspecified atom stereocenters. The van der Waals surface area contributed by atoms with Crippen LogP contribution in [0.4, 0.5) is 0 Å². The largest absolute Gasteiger partial charge is 0.393 e. The molecule has 0 spiro atoms. The van der Waals surface area contributed by atoms with Crippen LogP contribution in [0.5, 0.6) is 0 Å². The Kier molecular flexibility index (Phi) is 4.46. The third-order valence-electron chi connectivity index (χ3n) is 5.30. The molecule has 114 valence electrons. The van der Waals surface area contributed by atoms with E-state index in [4.69, 9.17) is 0 Å². The summed E-state index contributed by atoms with van der Waals surface area (Å²) in [4.78, 5) is 0. The SMILES string of the molecule is CC(=CCCC(C)(C)O)C1=CCC2C(O)CCCC12C. The monoisotopic (exact) mass is 278 g/mol. The normalized spacial score (nSPS) is 34.9. The molecule has 1 saturated carbocycles. The van der Waals surface area contributed by atoms with Gasteiger partial charge in [0.05, 0.1) is 11.7 Å². The summed E-state index contributed by atoms with van der Waals surface area (Å²) in [6.07, 6.45) is 10.5. The van der Waals surface area contributed by atoms with E-state index < -0.39 is 5.60 Å². The zero-order chi connectivity index (χ0) is 15.0. The van der Waals surface area contributed by atoms with Crippen molar-refractivity contribution in [2.24, 2.45) is 11.3 Å². The van der Waals surface area contributed by atoms with E-state index in [1.54, 1.807) is 0 Å². The third-order valence-corrected chi connectivity index (χ3v) is 5.30. The van der Waals surface area contributed by atoms with Crippen LogP contribution in [-0.4, -0.2) is 21.9 Å². The Morgan fingerprint density at radius 1 is 1.50 bits per heavy atom. The van der Waals surface area contributed by atoms with Crippen molar-refractivity contribution in [3.8, 4) is 0 Å². The summed E-state index contributed by atoms with van der Waals surface area (Å²) in [6.45, 7) is 8.23. The van der Waals surface area contributed by atoms with E-state index >= 15 is 0 Å². The maximum Gasteiger partial charge on any atom is 0.0594 e. The predicted octanol–water partition coefficient (Wildman–Crippen LogP) is 3.98. The molecular weight excluding hydrogens is 248 g/mol. The molecule has 0 aliphatic heterocycles. The molecule has 2 nitrogen and oxygen atoms in total. The van der Waals surface area contributed by atoms with Gasteiger partial charge >= 0.3 is 0 Å². The number of hydrogen-bond donors (Lipinski definition) is 2. The minimum atomic E-state index is -0.589. The summed E-state index contributed by atoms with van der Waals surface area (Å²) in [7, 11) is 0. The fraction of sp³-hybridized carbons (Fsp3) is 0.778. The lowest BCUT2D eigenvalue weighted by Crippen LogP contribution is -2.38. The summed E-state index contributed by atoms with van der Waals surface area (Å²) >= 11 is 0. The quantitative estimate of drug-likeness (QED) is 0.816. The van der Waals surface area contributed by atoms with Crippen LogP contribution in [0.1, 0.15) is 66.2 Å². The van der Waals surface area contributed by atoms with Crippen LogP contribution in [0.15, 0.2) is 23.3 Å². The van der Waals surface area contributed by atoms with E-state index in [0.717, 1.165) is 32.1 Å². The second kappa shape index (κ2) is 5.65. The molecule has 2 rings (SSSR count). The smallest absolute Gasteiger partial charge is 0.0594 e. The Balaban J connectivity index is 2.07. The van der Waals surface area contributed by atoms with Crippen molar-refractivity contribution in [3.05, 3.63) is 23.3 Å². The van der Waals surface area contributed by atoms with Gasteiger partial charge in [0.1, 0.15) is 0 Å². The van der Waals surface area contributed by atoms with Gasteiger partial charge in [-0.15, -0.1) is 0 Å². The Morgan fingerprint density at radius 3 is 2.85 bits per heavy atom. The van der Waals surface area contributed by atoms with Crippen LogP contribution in [-0.2, 0) is 0 Å². The fourth-order valence-electron chi connectivity index (χ4n) is 4.08. The van der Waals surface area contributed by atoms with Gasteiger partial charge in [-0.05, 0) is 76.2 Å². The lowest BCUT2D eigenvalue weighted by atomic mass is 9.64. The number of hydrogen-bond acceptors (Lipinski definition) is 2. The highest BCUT2D eigenvalue weighted by molar-refractivity contribution is 5.39. The van der Waals surface area contributed by atoms with Gasteiger partial charge in [-0.25, -0.2) is 0 Å². The van der Waals surface area contributed by atoms with E-state index in [1.807, 2.05) is 13.8 Å². The molecule has 0 saturated heterocycles. The zero-order valence-corrected chi connectivity index (χ0v) is 13.4. The first-order valence-corrected chi connectivity index (χ1v) is 8.02. The highest BCUT2D eigenvalue weighted by Crippen LogP contribution is 2.54. The van der Waals surface area contributed by atoms with Gasteiger partial charge in [0.15, 0.2) is 0 Å². The predicted molar refractivity (Wildman–Crippen MR) is 83.4 cm³/mol. The molecule has 3 atom stereocenters. The van der Waals surface area contributed by atoms with Gasteiger partial charge in [-0.1, -0.05) is 24.6 Å². The summed E-state index contributed by atoms with van der Waals surface area (Å²) in [5.41, 5.74) is 2.35. The topological polar surface area (TPSA) is 40.5 Å². The van der Waals surface area contributed by atoms with Gasteiger partial charge in [0.2, 0.25) is 0 Å². The number of rotatable bonds is 4. The lowest BCUT2D eigenvalue weighted by molar-refractivity contribution is 0.0120. The third kappa shape index (κ3) is 3.17. The maximum absolute atomic E-state index is 10.2. The van der Waals surface area contributed by atoms with Crippen LogP contribution in [0, 0.1) is 11.3 Å². The number of aliphatic hydroxyl groups excluding tert-OH is 1. The van der Waals surface area contributed by atoms with Crippen LogP contribution in [0.25, 0.3) is 0 Å². The highest BCUT2D eigenvalue weighted by atomic mass is 16.3. The molecule has 0 aromatic heterocycles. The molecule has 0 aromatic rings. The van der Waals surface area contributed by atoms with E-state index in [0.29, 0.717) is 5.92 Å². The first-order chi connectivity index (χ1) is 9.24. The van der Waals surface area contributed by atoms with Crippen LogP contribution < -0.4 is 0 Å². The van der Waals surface area contributed by atoms with E-state index in [2.05, 4.69) is 26.0 Å². The Hall–Kier alpha value is -0.600. The number of allylic oxidation sites excluding steroid dienone is 4. The minimum Gasteiger partial charge on any atom is -0.393 e.